The first kappa shape index (κ1) is 21.4. The van der Waals surface area contributed by atoms with Crippen LogP contribution >= 0.6 is 0 Å². The number of hydrogen-bond donors (Lipinski definition) is 0. The number of ether oxygens (including phenoxy) is 3. The van der Waals surface area contributed by atoms with Crippen molar-refractivity contribution < 1.29 is 23.4 Å². The summed E-state index contributed by atoms with van der Waals surface area (Å²) in [6, 6.07) is 10.5. The highest BCUT2D eigenvalue weighted by atomic mass is 16.6. The molecule has 6 heteroatoms. The van der Waals surface area contributed by atoms with E-state index in [-0.39, 0.29) is 11.2 Å². The Morgan fingerprint density at radius 3 is 2.50 bits per heavy atom. The Kier molecular flexibility index (Phi) is 6.77. The maximum atomic E-state index is 12.8. The van der Waals surface area contributed by atoms with Gasteiger partial charge in [-0.25, -0.2) is 4.79 Å². The molecule has 3 rings (SSSR count). The Morgan fingerprint density at radius 2 is 1.80 bits per heavy atom. The first-order valence-corrected chi connectivity index (χ1v) is 10.0. The zero-order valence-electron chi connectivity index (χ0n) is 17.7. The molecule has 2 aromatic carbocycles. The van der Waals surface area contributed by atoms with Gasteiger partial charge >= 0.3 is 5.97 Å². The molecule has 0 fully saturated rings. The first-order valence-electron chi connectivity index (χ1n) is 10.0. The van der Waals surface area contributed by atoms with Crippen LogP contribution in [0.4, 0.5) is 0 Å². The third-order valence-electron chi connectivity index (χ3n) is 4.52. The second-order valence-electron chi connectivity index (χ2n) is 7.29. The molecule has 0 spiro atoms. The minimum atomic E-state index is -0.766. The van der Waals surface area contributed by atoms with Gasteiger partial charge in [0.25, 0.3) is 0 Å². The molecule has 0 saturated carbocycles. The molecule has 0 N–H and O–H groups in total. The monoisotopic (exact) mass is 410 g/mol. The fourth-order valence-corrected chi connectivity index (χ4v) is 3.04. The van der Waals surface area contributed by atoms with E-state index in [1.807, 2.05) is 39.0 Å². The number of rotatable bonds is 8. The molecule has 158 valence electrons. The number of carbonyl (C=O) groups excluding carboxylic acids is 1. The van der Waals surface area contributed by atoms with Gasteiger partial charge in [0.15, 0.2) is 6.10 Å². The van der Waals surface area contributed by atoms with Crippen LogP contribution in [-0.4, -0.2) is 18.7 Å². The molecular formula is C24H26O6. The van der Waals surface area contributed by atoms with Crippen molar-refractivity contribution in [1.82, 2.24) is 0 Å². The highest BCUT2D eigenvalue weighted by molar-refractivity contribution is 5.79. The maximum absolute atomic E-state index is 12.8. The van der Waals surface area contributed by atoms with E-state index in [1.165, 1.54) is 6.26 Å². The van der Waals surface area contributed by atoms with Gasteiger partial charge in [-0.2, -0.15) is 0 Å². The van der Waals surface area contributed by atoms with Gasteiger partial charge in [0, 0.05) is 6.07 Å². The quantitative estimate of drug-likeness (QED) is 0.370. The van der Waals surface area contributed by atoms with Crippen molar-refractivity contribution in [2.24, 2.45) is 0 Å². The summed E-state index contributed by atoms with van der Waals surface area (Å²) in [4.78, 5) is 24.8. The molecule has 3 aromatic rings. The van der Waals surface area contributed by atoms with E-state index in [2.05, 4.69) is 0 Å². The Balaban J connectivity index is 1.77. The van der Waals surface area contributed by atoms with Crippen LogP contribution in [0.5, 0.6) is 17.2 Å². The van der Waals surface area contributed by atoms with Crippen LogP contribution in [0.25, 0.3) is 11.0 Å². The molecule has 0 aliphatic heterocycles. The lowest BCUT2D eigenvalue weighted by Crippen LogP contribution is -2.26. The molecule has 0 saturated heterocycles. The number of carbonyl (C=O) groups is 1. The summed E-state index contributed by atoms with van der Waals surface area (Å²) < 4.78 is 22.1. The van der Waals surface area contributed by atoms with Gasteiger partial charge < -0.3 is 18.6 Å². The average Bonchev–Trinajstić information content (AvgIpc) is 2.69. The molecule has 0 amide bonds. The van der Waals surface area contributed by atoms with Crippen molar-refractivity contribution in [3.8, 4) is 17.2 Å². The molecule has 1 heterocycles. The van der Waals surface area contributed by atoms with E-state index in [4.69, 9.17) is 18.6 Å². The lowest BCUT2D eigenvalue weighted by atomic mass is 10.1. The minimum absolute atomic E-state index is 0.106. The second kappa shape index (κ2) is 9.48. The number of esters is 1. The normalized spacial score (nSPS) is 11.9. The fraction of sp³-hybridized carbons (Fsp3) is 0.333. The lowest BCUT2D eigenvalue weighted by Gasteiger charge is -2.14. The first-order chi connectivity index (χ1) is 14.4. The van der Waals surface area contributed by atoms with Gasteiger partial charge in [-0.15, -0.1) is 0 Å². The predicted octanol–water partition coefficient (Wildman–Crippen LogP) is 5.31. The number of hydrogen-bond acceptors (Lipinski definition) is 6. The van der Waals surface area contributed by atoms with Crippen LogP contribution in [0.2, 0.25) is 0 Å². The van der Waals surface area contributed by atoms with E-state index >= 15 is 0 Å². The number of fused-ring (bicyclic) bond motifs is 1. The maximum Gasteiger partial charge on any atom is 0.347 e. The molecule has 30 heavy (non-hydrogen) atoms. The summed E-state index contributed by atoms with van der Waals surface area (Å²) in [7, 11) is 0. The van der Waals surface area contributed by atoms with Gasteiger partial charge in [-0.1, -0.05) is 19.4 Å². The van der Waals surface area contributed by atoms with E-state index < -0.39 is 12.1 Å². The molecule has 1 unspecified atom stereocenters. The average molecular weight is 410 g/mol. The van der Waals surface area contributed by atoms with Crippen molar-refractivity contribution in [3.63, 3.8) is 0 Å². The summed E-state index contributed by atoms with van der Waals surface area (Å²) >= 11 is 0. The third-order valence-corrected chi connectivity index (χ3v) is 4.52. The number of unbranched alkanes of at least 4 members (excludes halogenated alkanes) is 1. The molecular weight excluding hydrogens is 384 g/mol. The van der Waals surface area contributed by atoms with E-state index in [0.29, 0.717) is 29.1 Å². The number of benzene rings is 2. The molecule has 0 aliphatic carbocycles. The Bertz CT molecular complexity index is 1080. The zero-order chi connectivity index (χ0) is 21.7. The van der Waals surface area contributed by atoms with E-state index in [0.717, 1.165) is 24.0 Å². The van der Waals surface area contributed by atoms with Crippen molar-refractivity contribution in [1.29, 1.82) is 0 Å². The summed E-state index contributed by atoms with van der Waals surface area (Å²) in [6.07, 6.45) is 2.28. The fourth-order valence-electron chi connectivity index (χ4n) is 3.04. The van der Waals surface area contributed by atoms with Crippen LogP contribution in [-0.2, 0) is 9.53 Å². The standard InChI is InChI=1S/C24H26O6/c1-5-6-9-27-24(26)17(4)29-18-7-8-20-21(13-18)28-14-22(23(20)25)30-19-11-15(2)10-16(3)12-19/h7-8,10-14,17H,5-6,9H2,1-4H3. The minimum Gasteiger partial charge on any atom is -0.479 e. The van der Waals surface area contributed by atoms with Gasteiger partial charge in [-0.3, -0.25) is 4.79 Å². The van der Waals surface area contributed by atoms with Crippen molar-refractivity contribution >= 4 is 16.9 Å². The zero-order valence-corrected chi connectivity index (χ0v) is 17.7. The highest BCUT2D eigenvalue weighted by Gasteiger charge is 2.17. The van der Waals surface area contributed by atoms with Crippen molar-refractivity contribution in [2.75, 3.05) is 6.61 Å². The van der Waals surface area contributed by atoms with Crippen LogP contribution in [0.3, 0.4) is 0 Å². The summed E-state index contributed by atoms with van der Waals surface area (Å²) in [5.41, 5.74) is 2.14. The summed E-state index contributed by atoms with van der Waals surface area (Å²) in [5.74, 6) is 0.666. The van der Waals surface area contributed by atoms with Gasteiger partial charge in [0.1, 0.15) is 23.3 Å². The molecule has 6 nitrogen and oxygen atoms in total. The van der Waals surface area contributed by atoms with Gasteiger partial charge in [0.05, 0.1) is 12.0 Å². The number of aryl methyl sites for hydroxylation is 2. The van der Waals surface area contributed by atoms with E-state index in [9.17, 15) is 9.59 Å². The lowest BCUT2D eigenvalue weighted by molar-refractivity contribution is -0.151. The predicted molar refractivity (Wildman–Crippen MR) is 114 cm³/mol. The second-order valence-corrected chi connectivity index (χ2v) is 7.29. The molecule has 0 bridgehead atoms. The third kappa shape index (κ3) is 5.20. The molecule has 1 atom stereocenters. The van der Waals surface area contributed by atoms with E-state index in [1.54, 1.807) is 25.1 Å². The van der Waals surface area contributed by atoms with Crippen LogP contribution in [0.1, 0.15) is 37.8 Å². The SMILES string of the molecule is CCCCOC(=O)C(C)Oc1ccc2c(=O)c(Oc3cc(C)cc(C)c3)coc2c1. The largest absolute Gasteiger partial charge is 0.479 e. The topological polar surface area (TPSA) is 75.0 Å². The van der Waals surface area contributed by atoms with Crippen LogP contribution < -0.4 is 14.9 Å². The summed E-state index contributed by atoms with van der Waals surface area (Å²) in [6.45, 7) is 7.94. The highest BCUT2D eigenvalue weighted by Crippen LogP contribution is 2.25. The Morgan fingerprint density at radius 1 is 1.07 bits per heavy atom. The van der Waals surface area contributed by atoms with Crippen molar-refractivity contribution in [3.05, 3.63) is 64.0 Å². The van der Waals surface area contributed by atoms with Crippen LogP contribution in [0, 0.1) is 13.8 Å². The molecule has 0 aliphatic rings. The van der Waals surface area contributed by atoms with Crippen molar-refractivity contribution in [2.45, 2.75) is 46.6 Å². The van der Waals surface area contributed by atoms with Gasteiger partial charge in [0.2, 0.25) is 11.2 Å². The molecule has 0 radical (unpaired) electrons. The Hall–Kier alpha value is -3.28. The van der Waals surface area contributed by atoms with Crippen LogP contribution in [0.15, 0.2) is 51.9 Å². The molecule has 1 aromatic heterocycles. The van der Waals surface area contributed by atoms with Gasteiger partial charge in [-0.05, 0) is 62.6 Å². The summed E-state index contributed by atoms with van der Waals surface area (Å²) in [5, 5.41) is 0.363. The smallest absolute Gasteiger partial charge is 0.347 e. The Labute approximate surface area is 175 Å².